The molecule has 1 aliphatic heterocycles. The molecule has 1 saturated heterocycles. The molecule has 5 nitrogen and oxygen atoms in total. The van der Waals surface area contributed by atoms with Crippen LogP contribution in [-0.4, -0.2) is 36.1 Å². The lowest BCUT2D eigenvalue weighted by atomic mass is 10.1. The van der Waals surface area contributed by atoms with Crippen LogP contribution in [0.3, 0.4) is 0 Å². The SMILES string of the molecule is N#Cc1ccccc1N1CCN(Cc2cc3ncccc3o2)CC1. The van der Waals surface area contributed by atoms with Crippen LogP contribution >= 0.6 is 0 Å². The van der Waals surface area contributed by atoms with E-state index in [2.05, 4.69) is 20.9 Å². The summed E-state index contributed by atoms with van der Waals surface area (Å²) in [5, 5.41) is 9.26. The molecule has 2 aromatic heterocycles. The molecule has 0 bridgehead atoms. The van der Waals surface area contributed by atoms with Crippen molar-refractivity contribution in [2.45, 2.75) is 6.54 Å². The van der Waals surface area contributed by atoms with E-state index in [9.17, 15) is 5.26 Å². The lowest BCUT2D eigenvalue weighted by Crippen LogP contribution is -2.46. The predicted octanol–water partition coefficient (Wildman–Crippen LogP) is 3.02. The minimum absolute atomic E-state index is 0.745. The van der Waals surface area contributed by atoms with Gasteiger partial charge in [-0.2, -0.15) is 5.26 Å². The van der Waals surface area contributed by atoms with Gasteiger partial charge in [-0.25, -0.2) is 0 Å². The van der Waals surface area contributed by atoms with E-state index in [1.807, 2.05) is 42.5 Å². The number of nitrogens with zero attached hydrogens (tertiary/aromatic N) is 4. The molecule has 3 aromatic rings. The lowest BCUT2D eigenvalue weighted by molar-refractivity contribution is 0.232. The summed E-state index contributed by atoms with van der Waals surface area (Å²) in [7, 11) is 0. The lowest BCUT2D eigenvalue weighted by Gasteiger charge is -2.36. The summed E-state index contributed by atoms with van der Waals surface area (Å²) < 4.78 is 5.86. The van der Waals surface area contributed by atoms with Crippen molar-refractivity contribution in [2.75, 3.05) is 31.1 Å². The summed E-state index contributed by atoms with van der Waals surface area (Å²) in [4.78, 5) is 8.98. The fourth-order valence-electron chi connectivity index (χ4n) is 3.21. The highest BCUT2D eigenvalue weighted by Crippen LogP contribution is 2.22. The second kappa shape index (κ2) is 6.34. The highest BCUT2D eigenvalue weighted by molar-refractivity contribution is 5.72. The molecular weight excluding hydrogens is 300 g/mol. The number of pyridine rings is 1. The standard InChI is InChI=1S/C19H18N4O/c20-13-15-4-1-2-5-18(15)23-10-8-22(9-11-23)14-16-12-17-19(24-16)6-3-7-21-17/h1-7,12H,8-11,14H2. The van der Waals surface area contributed by atoms with Gasteiger partial charge in [-0.3, -0.25) is 9.88 Å². The first kappa shape index (κ1) is 14.7. The monoisotopic (exact) mass is 318 g/mol. The molecule has 3 heterocycles. The van der Waals surface area contributed by atoms with Crippen LogP contribution in [0, 0.1) is 11.3 Å². The van der Waals surface area contributed by atoms with Gasteiger partial charge in [0.1, 0.15) is 17.3 Å². The van der Waals surface area contributed by atoms with Gasteiger partial charge in [0.25, 0.3) is 0 Å². The van der Waals surface area contributed by atoms with Crippen molar-refractivity contribution in [3.8, 4) is 6.07 Å². The number of benzene rings is 1. The van der Waals surface area contributed by atoms with E-state index in [1.165, 1.54) is 0 Å². The van der Waals surface area contributed by atoms with E-state index in [4.69, 9.17) is 4.42 Å². The molecule has 24 heavy (non-hydrogen) atoms. The van der Waals surface area contributed by atoms with Crippen LogP contribution in [0.1, 0.15) is 11.3 Å². The molecule has 5 heteroatoms. The molecule has 0 unspecified atom stereocenters. The topological polar surface area (TPSA) is 56.3 Å². The average Bonchev–Trinajstić information content (AvgIpc) is 3.04. The number of furan rings is 1. The first-order valence-corrected chi connectivity index (χ1v) is 8.13. The third-order valence-electron chi connectivity index (χ3n) is 4.46. The summed E-state index contributed by atoms with van der Waals surface area (Å²) in [6, 6.07) is 15.9. The number of hydrogen-bond donors (Lipinski definition) is 0. The fourth-order valence-corrected chi connectivity index (χ4v) is 3.21. The van der Waals surface area contributed by atoms with Crippen molar-refractivity contribution < 1.29 is 4.42 Å². The molecule has 4 rings (SSSR count). The van der Waals surface area contributed by atoms with E-state index in [1.54, 1.807) is 6.20 Å². The van der Waals surface area contributed by atoms with Crippen LogP contribution in [0.5, 0.6) is 0 Å². The molecule has 0 radical (unpaired) electrons. The fraction of sp³-hybridized carbons (Fsp3) is 0.263. The van der Waals surface area contributed by atoms with Gasteiger partial charge in [-0.1, -0.05) is 12.1 Å². The van der Waals surface area contributed by atoms with Crippen LogP contribution in [-0.2, 0) is 6.54 Å². The normalized spacial score (nSPS) is 15.5. The van der Waals surface area contributed by atoms with Gasteiger partial charge >= 0.3 is 0 Å². The highest BCUT2D eigenvalue weighted by Gasteiger charge is 2.20. The Kier molecular flexibility index (Phi) is 3.89. The van der Waals surface area contributed by atoms with E-state index in [0.29, 0.717) is 0 Å². The molecule has 0 saturated carbocycles. The number of nitriles is 1. The van der Waals surface area contributed by atoms with E-state index in [-0.39, 0.29) is 0 Å². The summed E-state index contributed by atoms with van der Waals surface area (Å²) in [6.07, 6.45) is 1.78. The number of rotatable bonds is 3. The zero-order valence-electron chi connectivity index (χ0n) is 13.4. The number of fused-ring (bicyclic) bond motifs is 1. The Hall–Kier alpha value is -2.84. The van der Waals surface area contributed by atoms with E-state index < -0.39 is 0 Å². The maximum Gasteiger partial charge on any atom is 0.152 e. The number of anilines is 1. The quantitative estimate of drug-likeness (QED) is 0.743. The number of aromatic nitrogens is 1. The van der Waals surface area contributed by atoms with Gasteiger partial charge in [0.05, 0.1) is 17.8 Å². The summed E-state index contributed by atoms with van der Waals surface area (Å²) >= 11 is 0. The van der Waals surface area contributed by atoms with Crippen molar-refractivity contribution >= 4 is 16.8 Å². The molecule has 1 fully saturated rings. The van der Waals surface area contributed by atoms with Crippen LogP contribution in [0.15, 0.2) is 53.1 Å². The van der Waals surface area contributed by atoms with Crippen molar-refractivity contribution in [3.63, 3.8) is 0 Å². The van der Waals surface area contributed by atoms with Crippen LogP contribution in [0.4, 0.5) is 5.69 Å². The molecule has 0 atom stereocenters. The average molecular weight is 318 g/mol. The second-order valence-electron chi connectivity index (χ2n) is 5.99. The third-order valence-corrected chi connectivity index (χ3v) is 4.46. The Morgan fingerprint density at radius 2 is 1.92 bits per heavy atom. The first-order valence-electron chi connectivity index (χ1n) is 8.13. The summed E-state index contributed by atoms with van der Waals surface area (Å²) in [6.45, 7) is 4.52. The smallest absolute Gasteiger partial charge is 0.152 e. The Morgan fingerprint density at radius 1 is 1.08 bits per heavy atom. The molecule has 120 valence electrons. The van der Waals surface area contributed by atoms with Gasteiger partial charge in [0, 0.05) is 38.4 Å². The molecule has 0 amide bonds. The third kappa shape index (κ3) is 2.84. The van der Waals surface area contributed by atoms with E-state index in [0.717, 1.165) is 60.8 Å². The van der Waals surface area contributed by atoms with Gasteiger partial charge < -0.3 is 9.32 Å². The van der Waals surface area contributed by atoms with Crippen molar-refractivity contribution in [3.05, 3.63) is 60.0 Å². The molecule has 0 spiro atoms. The minimum atomic E-state index is 0.745. The molecular formula is C19H18N4O. The number of piperazine rings is 1. The van der Waals surface area contributed by atoms with Gasteiger partial charge in [0.15, 0.2) is 5.58 Å². The van der Waals surface area contributed by atoms with Crippen molar-refractivity contribution in [1.82, 2.24) is 9.88 Å². The van der Waals surface area contributed by atoms with Crippen molar-refractivity contribution in [2.24, 2.45) is 0 Å². The Balaban J connectivity index is 1.42. The molecule has 1 aliphatic rings. The van der Waals surface area contributed by atoms with Gasteiger partial charge in [-0.15, -0.1) is 0 Å². The molecule has 1 aromatic carbocycles. The minimum Gasteiger partial charge on any atom is -0.458 e. The van der Waals surface area contributed by atoms with E-state index >= 15 is 0 Å². The van der Waals surface area contributed by atoms with Crippen molar-refractivity contribution in [1.29, 1.82) is 5.26 Å². The number of hydrogen-bond acceptors (Lipinski definition) is 5. The highest BCUT2D eigenvalue weighted by atomic mass is 16.3. The van der Waals surface area contributed by atoms with Crippen LogP contribution in [0.25, 0.3) is 11.1 Å². The summed E-state index contributed by atoms with van der Waals surface area (Å²) in [5.41, 5.74) is 3.53. The maximum atomic E-state index is 9.26. The van der Waals surface area contributed by atoms with Gasteiger partial charge in [-0.05, 0) is 24.3 Å². The van der Waals surface area contributed by atoms with Crippen LogP contribution in [0.2, 0.25) is 0 Å². The first-order chi connectivity index (χ1) is 11.8. The maximum absolute atomic E-state index is 9.26. The zero-order chi connectivity index (χ0) is 16.4. The van der Waals surface area contributed by atoms with Gasteiger partial charge in [0.2, 0.25) is 0 Å². The molecule has 0 aliphatic carbocycles. The Labute approximate surface area is 140 Å². The summed E-state index contributed by atoms with van der Waals surface area (Å²) in [5.74, 6) is 0.953. The Morgan fingerprint density at radius 3 is 2.71 bits per heavy atom. The van der Waals surface area contributed by atoms with Crippen LogP contribution < -0.4 is 4.90 Å². The zero-order valence-corrected chi connectivity index (χ0v) is 13.4. The Bertz CT molecular complexity index is 855. The largest absolute Gasteiger partial charge is 0.458 e. The second-order valence-corrected chi connectivity index (χ2v) is 5.99. The number of para-hydroxylation sites is 1. The predicted molar refractivity (Wildman–Crippen MR) is 92.7 cm³/mol. The molecule has 0 N–H and O–H groups in total.